The Balaban J connectivity index is 1.24. The van der Waals surface area contributed by atoms with Crippen LogP contribution in [0.5, 0.6) is 0 Å². The molecule has 0 spiro atoms. The average Bonchev–Trinajstić information content (AvgIpc) is 3.46. The lowest BCUT2D eigenvalue weighted by molar-refractivity contribution is 0.120. The zero-order chi connectivity index (χ0) is 21.9. The molecule has 0 radical (unpaired) electrons. The number of likely N-dealkylation sites (N-methyl/N-ethyl adjacent to an activating group) is 1. The molecule has 2 aromatic heterocycles. The summed E-state index contributed by atoms with van der Waals surface area (Å²) in [6.07, 6.45) is 0. The van der Waals surface area contributed by atoms with E-state index in [0.29, 0.717) is 0 Å². The maximum absolute atomic E-state index is 4.76. The van der Waals surface area contributed by atoms with Crippen LogP contribution in [0, 0.1) is 0 Å². The van der Waals surface area contributed by atoms with Crippen LogP contribution in [0.1, 0.15) is 5.56 Å². The Morgan fingerprint density at radius 2 is 1.75 bits per heavy atom. The highest BCUT2D eigenvalue weighted by Gasteiger charge is 2.17. The van der Waals surface area contributed by atoms with Gasteiger partial charge < -0.3 is 9.88 Å². The van der Waals surface area contributed by atoms with E-state index >= 15 is 0 Å². The van der Waals surface area contributed by atoms with Crippen molar-refractivity contribution in [2.75, 3.05) is 53.4 Å². The zero-order valence-corrected chi connectivity index (χ0v) is 19.7. The number of rotatable bonds is 7. The van der Waals surface area contributed by atoms with E-state index in [-0.39, 0.29) is 0 Å². The molecule has 2 aromatic carbocycles. The van der Waals surface area contributed by atoms with E-state index in [1.165, 1.54) is 41.2 Å². The Morgan fingerprint density at radius 1 is 0.938 bits per heavy atom. The molecule has 1 saturated heterocycles. The van der Waals surface area contributed by atoms with Crippen molar-refractivity contribution < 1.29 is 0 Å². The predicted octanol–water partition coefficient (Wildman–Crippen LogP) is 4.64. The molecule has 1 aliphatic heterocycles. The molecule has 0 saturated carbocycles. The molecule has 166 valence electrons. The maximum atomic E-state index is 4.76. The summed E-state index contributed by atoms with van der Waals surface area (Å²) in [6.45, 7) is 7.95. The van der Waals surface area contributed by atoms with Gasteiger partial charge in [0.05, 0.1) is 15.9 Å². The summed E-state index contributed by atoms with van der Waals surface area (Å²) < 4.78 is 0. The highest BCUT2D eigenvalue weighted by Crippen LogP contribution is 2.32. The van der Waals surface area contributed by atoms with Crippen LogP contribution >= 0.6 is 11.3 Å². The standard InChI is InChI=1S/C26H31N5S/c1-29(2)10-11-30-12-14-31(15-13-30)18-20-6-5-7-21(16-20)22-17-25(32-19-22)26-27-23-8-3-4-9-24(23)28-26/h3-9,16-17,19H,10-15,18H2,1-2H3,(H,27,28). The zero-order valence-electron chi connectivity index (χ0n) is 18.9. The van der Waals surface area contributed by atoms with E-state index in [1.807, 2.05) is 12.1 Å². The molecule has 0 atom stereocenters. The number of fused-ring (bicyclic) bond motifs is 1. The third kappa shape index (κ3) is 4.94. The highest BCUT2D eigenvalue weighted by molar-refractivity contribution is 7.13. The Kier molecular flexibility index (Phi) is 6.37. The molecular formula is C26H31N5S. The van der Waals surface area contributed by atoms with Gasteiger partial charge in [-0.1, -0.05) is 30.3 Å². The molecule has 0 amide bonds. The fourth-order valence-corrected chi connectivity index (χ4v) is 5.16. The Morgan fingerprint density at radius 3 is 2.56 bits per heavy atom. The number of hydrogen-bond acceptors (Lipinski definition) is 5. The number of piperazine rings is 1. The van der Waals surface area contributed by atoms with Crippen LogP contribution in [0.3, 0.4) is 0 Å². The Hall–Kier alpha value is -2.51. The molecule has 6 heteroatoms. The quantitative estimate of drug-likeness (QED) is 0.450. The van der Waals surface area contributed by atoms with E-state index < -0.39 is 0 Å². The van der Waals surface area contributed by atoms with Crippen LogP contribution in [0.2, 0.25) is 0 Å². The predicted molar refractivity (Wildman–Crippen MR) is 135 cm³/mol. The molecule has 1 aliphatic rings. The van der Waals surface area contributed by atoms with Gasteiger partial charge >= 0.3 is 0 Å². The highest BCUT2D eigenvalue weighted by atomic mass is 32.1. The van der Waals surface area contributed by atoms with Crippen LogP contribution in [0.4, 0.5) is 0 Å². The maximum Gasteiger partial charge on any atom is 0.148 e. The number of thiophene rings is 1. The largest absolute Gasteiger partial charge is 0.337 e. The molecule has 0 aliphatic carbocycles. The van der Waals surface area contributed by atoms with Gasteiger partial charge in [0, 0.05) is 45.8 Å². The van der Waals surface area contributed by atoms with Gasteiger partial charge in [-0.05, 0) is 60.4 Å². The van der Waals surface area contributed by atoms with Crippen molar-refractivity contribution in [2.45, 2.75) is 6.54 Å². The van der Waals surface area contributed by atoms with E-state index in [9.17, 15) is 0 Å². The molecule has 1 fully saturated rings. The summed E-state index contributed by atoms with van der Waals surface area (Å²) in [4.78, 5) is 16.8. The van der Waals surface area contributed by atoms with Crippen LogP contribution in [-0.2, 0) is 6.54 Å². The SMILES string of the molecule is CN(C)CCN1CCN(Cc2cccc(-c3csc(-c4nc5ccccc5[nH]4)c3)c2)CC1. The van der Waals surface area contributed by atoms with Crippen molar-refractivity contribution in [1.82, 2.24) is 24.7 Å². The molecule has 4 aromatic rings. The van der Waals surface area contributed by atoms with Crippen molar-refractivity contribution in [2.24, 2.45) is 0 Å². The number of para-hydroxylation sites is 2. The molecule has 5 rings (SSSR count). The number of hydrogen-bond donors (Lipinski definition) is 1. The van der Waals surface area contributed by atoms with Gasteiger partial charge in [-0.3, -0.25) is 9.80 Å². The Bertz CT molecular complexity index is 1140. The third-order valence-corrected chi connectivity index (χ3v) is 7.15. The topological polar surface area (TPSA) is 38.4 Å². The first kappa shape index (κ1) is 21.3. The summed E-state index contributed by atoms with van der Waals surface area (Å²) in [5.41, 5.74) is 6.04. The summed E-state index contributed by atoms with van der Waals surface area (Å²) in [5, 5.41) is 2.24. The smallest absolute Gasteiger partial charge is 0.148 e. The molecule has 3 heterocycles. The van der Waals surface area contributed by atoms with E-state index in [0.717, 1.165) is 43.0 Å². The summed E-state index contributed by atoms with van der Waals surface area (Å²) in [5.74, 6) is 0.950. The fourth-order valence-electron chi connectivity index (χ4n) is 4.30. The number of aromatic amines is 1. The molecule has 0 unspecified atom stereocenters. The summed E-state index contributed by atoms with van der Waals surface area (Å²) in [7, 11) is 4.30. The van der Waals surface area contributed by atoms with Gasteiger partial charge in [0.15, 0.2) is 0 Å². The minimum atomic E-state index is 0.950. The van der Waals surface area contributed by atoms with Crippen molar-refractivity contribution >= 4 is 22.4 Å². The molecule has 32 heavy (non-hydrogen) atoms. The number of H-pyrrole nitrogens is 1. The minimum absolute atomic E-state index is 0.950. The molecule has 1 N–H and O–H groups in total. The fraction of sp³-hybridized carbons (Fsp3) is 0.346. The lowest BCUT2D eigenvalue weighted by Gasteiger charge is -2.35. The normalized spacial score (nSPS) is 15.7. The number of aromatic nitrogens is 2. The lowest BCUT2D eigenvalue weighted by atomic mass is 10.0. The first-order valence-corrected chi connectivity index (χ1v) is 12.2. The van der Waals surface area contributed by atoms with Crippen LogP contribution in [-0.4, -0.2) is 78.0 Å². The van der Waals surface area contributed by atoms with Crippen molar-refractivity contribution in [3.8, 4) is 21.8 Å². The van der Waals surface area contributed by atoms with E-state index in [2.05, 4.69) is 81.6 Å². The van der Waals surface area contributed by atoms with E-state index in [4.69, 9.17) is 4.98 Å². The second-order valence-electron chi connectivity index (χ2n) is 8.92. The van der Waals surface area contributed by atoms with Crippen LogP contribution in [0.25, 0.3) is 32.9 Å². The van der Waals surface area contributed by atoms with E-state index in [1.54, 1.807) is 11.3 Å². The van der Waals surface area contributed by atoms with Crippen molar-refractivity contribution in [3.05, 3.63) is 65.5 Å². The Labute approximate surface area is 194 Å². The number of nitrogens with one attached hydrogen (secondary N) is 1. The van der Waals surface area contributed by atoms with Gasteiger partial charge in [-0.25, -0.2) is 4.98 Å². The first-order valence-electron chi connectivity index (χ1n) is 11.4. The molecular weight excluding hydrogens is 414 g/mol. The summed E-state index contributed by atoms with van der Waals surface area (Å²) >= 11 is 1.75. The van der Waals surface area contributed by atoms with Gasteiger partial charge in [-0.15, -0.1) is 11.3 Å². The first-order chi connectivity index (χ1) is 15.6. The van der Waals surface area contributed by atoms with Crippen LogP contribution in [0.15, 0.2) is 60.0 Å². The molecule has 0 bridgehead atoms. The second-order valence-corrected chi connectivity index (χ2v) is 9.83. The van der Waals surface area contributed by atoms with Crippen molar-refractivity contribution in [3.63, 3.8) is 0 Å². The summed E-state index contributed by atoms with van der Waals surface area (Å²) in [6, 6.07) is 19.5. The monoisotopic (exact) mass is 445 g/mol. The third-order valence-electron chi connectivity index (χ3n) is 6.22. The van der Waals surface area contributed by atoms with Gasteiger partial charge in [0.1, 0.15) is 5.82 Å². The van der Waals surface area contributed by atoms with Gasteiger partial charge in [0.2, 0.25) is 0 Å². The van der Waals surface area contributed by atoms with Crippen LogP contribution < -0.4 is 0 Å². The van der Waals surface area contributed by atoms with Gasteiger partial charge in [0.25, 0.3) is 0 Å². The average molecular weight is 446 g/mol. The number of nitrogens with zero attached hydrogens (tertiary/aromatic N) is 4. The number of imidazole rings is 1. The number of benzene rings is 2. The minimum Gasteiger partial charge on any atom is -0.337 e. The molecule has 5 nitrogen and oxygen atoms in total. The lowest BCUT2D eigenvalue weighted by Crippen LogP contribution is -2.47. The van der Waals surface area contributed by atoms with Gasteiger partial charge in [-0.2, -0.15) is 0 Å². The second kappa shape index (κ2) is 9.55. The van der Waals surface area contributed by atoms with Crippen molar-refractivity contribution in [1.29, 1.82) is 0 Å².